The molecule has 1 N–H and O–H groups in total. The highest BCUT2D eigenvalue weighted by Crippen LogP contribution is 2.49. The van der Waals surface area contributed by atoms with Crippen LogP contribution in [0.15, 0.2) is 24.3 Å². The van der Waals surface area contributed by atoms with E-state index in [-0.39, 0.29) is 5.56 Å². The van der Waals surface area contributed by atoms with Crippen LogP contribution >= 0.6 is 0 Å². The van der Waals surface area contributed by atoms with Crippen molar-refractivity contribution in [3.05, 3.63) is 58.3 Å². The van der Waals surface area contributed by atoms with Gasteiger partial charge in [-0.3, -0.25) is 0 Å². The zero-order valence-electron chi connectivity index (χ0n) is 19.5. The lowest BCUT2D eigenvalue weighted by Crippen LogP contribution is -2.14. The van der Waals surface area contributed by atoms with Crippen LogP contribution in [0.5, 0.6) is 0 Å². The molecule has 2 aromatic heterocycles. The molecule has 0 spiro atoms. The summed E-state index contributed by atoms with van der Waals surface area (Å²) in [5.41, 5.74) is 1.15. The molecule has 1 aliphatic rings. The van der Waals surface area contributed by atoms with Gasteiger partial charge in [-0.15, -0.1) is 0 Å². The van der Waals surface area contributed by atoms with Gasteiger partial charge in [0.05, 0.1) is 28.5 Å². The number of fused-ring (bicyclic) bond motifs is 1. The van der Waals surface area contributed by atoms with Crippen LogP contribution < -0.4 is 5.32 Å². The molecule has 1 aliphatic carbocycles. The molecule has 1 atom stereocenters. The van der Waals surface area contributed by atoms with Gasteiger partial charge in [-0.1, -0.05) is 39.0 Å². The van der Waals surface area contributed by atoms with Gasteiger partial charge in [0.15, 0.2) is 5.65 Å². The fraction of sp³-hybridized carbons (Fsp3) is 0.440. The van der Waals surface area contributed by atoms with Crippen LogP contribution in [0.2, 0.25) is 0 Å². The van der Waals surface area contributed by atoms with E-state index in [1.807, 2.05) is 26.8 Å². The van der Waals surface area contributed by atoms with Gasteiger partial charge in [-0.2, -0.15) is 5.26 Å². The lowest BCUT2D eigenvalue weighted by atomic mass is 9.94. The van der Waals surface area contributed by atoms with Gasteiger partial charge in [0.1, 0.15) is 17.5 Å². The minimum atomic E-state index is -2.89. The zero-order chi connectivity index (χ0) is 24.3. The molecule has 4 rings (SSSR count). The number of aromatic nitrogens is 3. The second-order valence-corrected chi connectivity index (χ2v) is 7.94. The van der Waals surface area contributed by atoms with Crippen molar-refractivity contribution in [3.8, 4) is 6.07 Å². The summed E-state index contributed by atoms with van der Waals surface area (Å²) in [5.74, 6) is -0.0178. The number of pyridine rings is 1. The molecule has 5 nitrogen and oxygen atoms in total. The molecule has 8 heteroatoms. The van der Waals surface area contributed by atoms with E-state index in [9.17, 15) is 18.4 Å². The second-order valence-electron chi connectivity index (χ2n) is 7.94. The van der Waals surface area contributed by atoms with Gasteiger partial charge in [0, 0.05) is 11.3 Å². The van der Waals surface area contributed by atoms with Crippen molar-refractivity contribution >= 4 is 16.9 Å². The van der Waals surface area contributed by atoms with Crippen molar-refractivity contribution in [2.24, 2.45) is 0 Å². The van der Waals surface area contributed by atoms with Gasteiger partial charge in [-0.05, 0) is 44.7 Å². The van der Waals surface area contributed by atoms with E-state index in [1.165, 1.54) is 12.1 Å². The maximum atomic E-state index is 14.6. The van der Waals surface area contributed by atoms with Gasteiger partial charge in [-0.25, -0.2) is 28.1 Å². The first-order valence-corrected chi connectivity index (χ1v) is 11.2. The largest absolute Gasteiger partial charge is 0.363 e. The molecule has 0 amide bonds. The lowest BCUT2D eigenvalue weighted by Gasteiger charge is -2.20. The first-order valence-electron chi connectivity index (χ1n) is 11.2. The maximum absolute atomic E-state index is 14.6. The summed E-state index contributed by atoms with van der Waals surface area (Å²) in [7, 11) is 0. The number of nitriles is 1. The van der Waals surface area contributed by atoms with Crippen LogP contribution in [-0.2, 0) is 11.8 Å². The molecule has 1 saturated carbocycles. The van der Waals surface area contributed by atoms with E-state index in [0.29, 0.717) is 29.1 Å². The van der Waals surface area contributed by atoms with Crippen LogP contribution in [0, 0.1) is 24.1 Å². The van der Waals surface area contributed by atoms with E-state index in [4.69, 9.17) is 0 Å². The number of rotatable bonds is 6. The third-order valence-electron chi connectivity index (χ3n) is 5.81. The molecule has 3 aromatic rings. The first kappa shape index (κ1) is 24.4. The smallest absolute Gasteiger partial charge is 0.266 e. The second kappa shape index (κ2) is 9.74. The van der Waals surface area contributed by atoms with Crippen LogP contribution in [0.1, 0.15) is 81.2 Å². The number of benzene rings is 1. The summed E-state index contributed by atoms with van der Waals surface area (Å²) >= 11 is 0. The number of aryl methyl sites for hydroxylation is 2. The zero-order valence-corrected chi connectivity index (χ0v) is 19.5. The van der Waals surface area contributed by atoms with Crippen molar-refractivity contribution in [3.63, 3.8) is 0 Å². The molecule has 2 heterocycles. The van der Waals surface area contributed by atoms with E-state index in [1.54, 1.807) is 13.8 Å². The van der Waals surface area contributed by atoms with Crippen molar-refractivity contribution in [2.45, 2.75) is 71.8 Å². The lowest BCUT2D eigenvalue weighted by molar-refractivity contribution is 0.146. The van der Waals surface area contributed by atoms with Crippen molar-refractivity contribution in [2.75, 3.05) is 5.32 Å². The molecular formula is C25H28F3N5. The Morgan fingerprint density at radius 3 is 2.39 bits per heavy atom. The quantitative estimate of drug-likeness (QED) is 0.446. The molecule has 1 fully saturated rings. The average Bonchev–Trinajstić information content (AvgIpc) is 3.60. The van der Waals surface area contributed by atoms with E-state index in [2.05, 4.69) is 26.3 Å². The molecule has 0 bridgehead atoms. The summed E-state index contributed by atoms with van der Waals surface area (Å²) in [6, 6.07) is 7.65. The maximum Gasteiger partial charge on any atom is 0.266 e. The minimum absolute atomic E-state index is 0.122. The molecule has 0 aliphatic heterocycles. The SMILES string of the molecule is CC.CCc1nc2nc(C)nc(N[C@H](C)c3cccc(C(F)F)c3F)c2cc1C1(C#N)CC1. The van der Waals surface area contributed by atoms with Crippen LogP contribution in [0.4, 0.5) is 19.0 Å². The number of hydrogen-bond donors (Lipinski definition) is 1. The van der Waals surface area contributed by atoms with Gasteiger partial charge in [0.2, 0.25) is 0 Å². The molecule has 1 aromatic carbocycles. The number of nitrogens with one attached hydrogen (secondary N) is 1. The van der Waals surface area contributed by atoms with Gasteiger partial charge in [0.25, 0.3) is 6.43 Å². The fourth-order valence-corrected chi connectivity index (χ4v) is 3.91. The molecule has 33 heavy (non-hydrogen) atoms. The fourth-order valence-electron chi connectivity index (χ4n) is 3.91. The van der Waals surface area contributed by atoms with Crippen molar-refractivity contribution in [1.82, 2.24) is 15.0 Å². The summed E-state index contributed by atoms with van der Waals surface area (Å²) in [5, 5.41) is 13.4. The summed E-state index contributed by atoms with van der Waals surface area (Å²) in [4.78, 5) is 13.6. The highest BCUT2D eigenvalue weighted by atomic mass is 19.3. The average molecular weight is 456 g/mol. The molecule has 174 valence electrons. The number of hydrogen-bond acceptors (Lipinski definition) is 5. The Morgan fingerprint density at radius 1 is 1.15 bits per heavy atom. The Hall–Kier alpha value is -3.21. The Morgan fingerprint density at radius 2 is 1.82 bits per heavy atom. The summed E-state index contributed by atoms with van der Waals surface area (Å²) in [6.07, 6.45) is -0.667. The number of nitrogens with zero attached hydrogens (tertiary/aromatic N) is 4. The third kappa shape index (κ3) is 4.63. The molecule has 0 radical (unpaired) electrons. The molecule has 0 saturated heterocycles. The third-order valence-corrected chi connectivity index (χ3v) is 5.81. The first-order chi connectivity index (χ1) is 15.8. The minimum Gasteiger partial charge on any atom is -0.363 e. The number of anilines is 1. The normalized spacial score (nSPS) is 14.9. The van der Waals surface area contributed by atoms with Crippen LogP contribution in [-0.4, -0.2) is 15.0 Å². The molecule has 0 unspecified atom stereocenters. The highest BCUT2D eigenvalue weighted by molar-refractivity contribution is 5.88. The predicted molar refractivity (Wildman–Crippen MR) is 123 cm³/mol. The van der Waals surface area contributed by atoms with Gasteiger partial charge < -0.3 is 5.32 Å². The van der Waals surface area contributed by atoms with E-state index >= 15 is 0 Å². The Labute approximate surface area is 192 Å². The predicted octanol–water partition coefficient (Wildman–Crippen LogP) is 6.73. The van der Waals surface area contributed by atoms with Crippen LogP contribution in [0.25, 0.3) is 11.0 Å². The number of halogens is 3. The Kier molecular flexibility index (Phi) is 7.21. The van der Waals surface area contributed by atoms with E-state index in [0.717, 1.165) is 30.2 Å². The Balaban J connectivity index is 0.00000149. The highest BCUT2D eigenvalue weighted by Gasteiger charge is 2.46. The summed E-state index contributed by atoms with van der Waals surface area (Å²) in [6.45, 7) is 9.40. The number of alkyl halides is 2. The topological polar surface area (TPSA) is 74.5 Å². The van der Waals surface area contributed by atoms with Crippen molar-refractivity contribution < 1.29 is 13.2 Å². The monoisotopic (exact) mass is 455 g/mol. The molecular weight excluding hydrogens is 427 g/mol. The van der Waals surface area contributed by atoms with Crippen LogP contribution in [0.3, 0.4) is 0 Å². The van der Waals surface area contributed by atoms with E-state index < -0.39 is 29.3 Å². The van der Waals surface area contributed by atoms with Crippen molar-refractivity contribution in [1.29, 1.82) is 5.26 Å². The van der Waals surface area contributed by atoms with Gasteiger partial charge >= 0.3 is 0 Å². The standard InChI is InChI=1S/C23H22F3N5.C2H6/c1-4-18-17(23(11-27)8-9-23)10-16-21(29-13(3)30-22(16)31-18)28-12(2)14-6-5-7-15(19(14)24)20(25)26;1-2/h5-7,10,12,20H,4,8-9H2,1-3H3,(H,28,29,30,31);1-2H3/t12-;/m1./s1. The Bertz CT molecular complexity index is 1200. The summed E-state index contributed by atoms with van der Waals surface area (Å²) < 4.78 is 40.9.